The number of nitrogens with two attached hydrogens (primary N) is 1. The van der Waals surface area contributed by atoms with Gasteiger partial charge in [0, 0.05) is 20.1 Å². The fraction of sp³-hybridized carbons (Fsp3) is 0.300. The molecule has 0 saturated carbocycles. The Bertz CT molecular complexity index is 301. The summed E-state index contributed by atoms with van der Waals surface area (Å²) in [4.78, 5) is 12.0. The number of hydrogen-bond donors (Lipinski definition) is 2. The van der Waals surface area contributed by atoms with Crippen LogP contribution in [0.4, 0.5) is 11.4 Å². The predicted octanol–water partition coefficient (Wildman–Crippen LogP) is 0.451. The maximum absolute atomic E-state index is 10.0. The van der Waals surface area contributed by atoms with E-state index in [1.54, 1.807) is 0 Å². The molecule has 76 valence electrons. The van der Waals surface area contributed by atoms with Gasteiger partial charge in [-0.1, -0.05) is 12.1 Å². The molecule has 0 heterocycles. The third-order valence-electron chi connectivity index (χ3n) is 2.02. The standard InChI is InChI=1S/C10H15N3O/c1-13(7-6-12-8-14)10-5-3-2-4-9(10)11/h2-5,8H,6-7,11H2,1H3,(H,12,14). The van der Waals surface area contributed by atoms with E-state index in [-0.39, 0.29) is 0 Å². The summed E-state index contributed by atoms with van der Waals surface area (Å²) in [5, 5.41) is 2.61. The molecule has 4 nitrogen and oxygen atoms in total. The Morgan fingerprint density at radius 2 is 2.21 bits per heavy atom. The quantitative estimate of drug-likeness (QED) is 0.405. The van der Waals surface area contributed by atoms with E-state index in [1.165, 1.54) is 0 Å². The van der Waals surface area contributed by atoms with Crippen molar-refractivity contribution in [3.8, 4) is 0 Å². The van der Waals surface area contributed by atoms with Crippen molar-refractivity contribution in [1.29, 1.82) is 0 Å². The van der Waals surface area contributed by atoms with E-state index < -0.39 is 0 Å². The van der Waals surface area contributed by atoms with E-state index in [1.807, 2.05) is 36.2 Å². The lowest BCUT2D eigenvalue weighted by Gasteiger charge is -2.20. The Labute approximate surface area is 83.7 Å². The highest BCUT2D eigenvalue weighted by Crippen LogP contribution is 2.20. The van der Waals surface area contributed by atoms with Gasteiger partial charge in [-0.25, -0.2) is 0 Å². The van der Waals surface area contributed by atoms with Crippen LogP contribution in [-0.4, -0.2) is 26.5 Å². The highest BCUT2D eigenvalue weighted by atomic mass is 16.1. The SMILES string of the molecule is CN(CCNC=O)c1ccccc1N. The van der Waals surface area contributed by atoms with Crippen molar-refractivity contribution >= 4 is 17.8 Å². The normalized spacial score (nSPS) is 9.50. The predicted molar refractivity (Wildman–Crippen MR) is 58.2 cm³/mol. The number of likely N-dealkylation sites (N-methyl/N-ethyl adjacent to an activating group) is 1. The Morgan fingerprint density at radius 3 is 2.86 bits per heavy atom. The van der Waals surface area contributed by atoms with E-state index in [4.69, 9.17) is 5.73 Å². The van der Waals surface area contributed by atoms with Crippen LogP contribution >= 0.6 is 0 Å². The van der Waals surface area contributed by atoms with Crippen molar-refractivity contribution in [3.05, 3.63) is 24.3 Å². The third-order valence-corrected chi connectivity index (χ3v) is 2.02. The second-order valence-electron chi connectivity index (χ2n) is 3.05. The van der Waals surface area contributed by atoms with Crippen LogP contribution in [0.1, 0.15) is 0 Å². The molecule has 1 aromatic rings. The van der Waals surface area contributed by atoms with Gasteiger partial charge < -0.3 is 16.0 Å². The van der Waals surface area contributed by atoms with Gasteiger partial charge in [0.15, 0.2) is 0 Å². The molecule has 0 saturated heterocycles. The number of carbonyl (C=O) groups excluding carboxylic acids is 1. The van der Waals surface area contributed by atoms with Crippen LogP contribution in [0.3, 0.4) is 0 Å². The first-order valence-electron chi connectivity index (χ1n) is 4.48. The van der Waals surface area contributed by atoms with E-state index >= 15 is 0 Å². The molecule has 1 aromatic carbocycles. The largest absolute Gasteiger partial charge is 0.397 e. The fourth-order valence-electron chi connectivity index (χ4n) is 1.25. The van der Waals surface area contributed by atoms with Crippen molar-refractivity contribution in [2.45, 2.75) is 0 Å². The number of carbonyl (C=O) groups is 1. The van der Waals surface area contributed by atoms with Crippen molar-refractivity contribution in [1.82, 2.24) is 5.32 Å². The van der Waals surface area contributed by atoms with E-state index in [0.29, 0.717) is 13.0 Å². The van der Waals surface area contributed by atoms with E-state index in [2.05, 4.69) is 5.32 Å². The summed E-state index contributed by atoms with van der Waals surface area (Å²) in [5.74, 6) is 0. The summed E-state index contributed by atoms with van der Waals surface area (Å²) in [6.45, 7) is 1.36. The monoisotopic (exact) mass is 193 g/mol. The number of anilines is 2. The summed E-state index contributed by atoms with van der Waals surface area (Å²) < 4.78 is 0. The molecule has 0 spiro atoms. The van der Waals surface area contributed by atoms with Gasteiger partial charge in [0.2, 0.25) is 6.41 Å². The molecule has 0 fully saturated rings. The molecule has 0 unspecified atom stereocenters. The average Bonchev–Trinajstić information content (AvgIpc) is 2.18. The lowest BCUT2D eigenvalue weighted by molar-refractivity contribution is -0.109. The van der Waals surface area contributed by atoms with Crippen LogP contribution in [0.2, 0.25) is 0 Å². The zero-order chi connectivity index (χ0) is 10.4. The molecular formula is C10H15N3O. The van der Waals surface area contributed by atoms with Gasteiger partial charge in [0.25, 0.3) is 0 Å². The number of nitrogen functional groups attached to an aromatic ring is 1. The van der Waals surface area contributed by atoms with Crippen molar-refractivity contribution in [3.63, 3.8) is 0 Å². The molecular weight excluding hydrogens is 178 g/mol. The number of nitrogens with zero attached hydrogens (tertiary/aromatic N) is 1. The average molecular weight is 193 g/mol. The molecule has 0 aliphatic rings. The molecule has 4 heteroatoms. The first kappa shape index (κ1) is 10.4. The number of para-hydroxylation sites is 2. The Morgan fingerprint density at radius 1 is 1.50 bits per heavy atom. The van der Waals surface area contributed by atoms with Gasteiger partial charge in [0.1, 0.15) is 0 Å². The molecule has 0 radical (unpaired) electrons. The summed E-state index contributed by atoms with van der Waals surface area (Å²) in [7, 11) is 1.94. The van der Waals surface area contributed by atoms with Gasteiger partial charge in [-0.15, -0.1) is 0 Å². The van der Waals surface area contributed by atoms with Gasteiger partial charge in [-0.05, 0) is 12.1 Å². The number of benzene rings is 1. The minimum absolute atomic E-state index is 0.619. The van der Waals surface area contributed by atoms with Crippen LogP contribution in [0.25, 0.3) is 0 Å². The molecule has 1 amide bonds. The maximum Gasteiger partial charge on any atom is 0.207 e. The van der Waals surface area contributed by atoms with Crippen molar-refractivity contribution in [2.24, 2.45) is 0 Å². The van der Waals surface area contributed by atoms with Crippen molar-refractivity contribution in [2.75, 3.05) is 30.8 Å². The first-order valence-corrected chi connectivity index (χ1v) is 4.48. The molecule has 3 N–H and O–H groups in total. The second kappa shape index (κ2) is 5.11. The molecule has 0 aliphatic carbocycles. The zero-order valence-electron chi connectivity index (χ0n) is 8.23. The highest BCUT2D eigenvalue weighted by Gasteiger charge is 2.02. The third kappa shape index (κ3) is 2.65. The van der Waals surface area contributed by atoms with Crippen LogP contribution in [0.5, 0.6) is 0 Å². The number of nitrogens with one attached hydrogen (secondary N) is 1. The Balaban J connectivity index is 2.55. The summed E-state index contributed by atoms with van der Waals surface area (Å²) in [6.07, 6.45) is 0.697. The fourth-order valence-corrected chi connectivity index (χ4v) is 1.25. The molecule has 0 aromatic heterocycles. The molecule has 0 bridgehead atoms. The number of rotatable bonds is 5. The maximum atomic E-state index is 10.0. The summed E-state index contributed by atoms with van der Waals surface area (Å²) in [6, 6.07) is 7.65. The molecule has 0 aliphatic heterocycles. The minimum Gasteiger partial charge on any atom is -0.397 e. The van der Waals surface area contributed by atoms with Gasteiger partial charge in [-0.3, -0.25) is 4.79 Å². The van der Waals surface area contributed by atoms with E-state index in [9.17, 15) is 4.79 Å². The number of hydrogen-bond acceptors (Lipinski definition) is 3. The lowest BCUT2D eigenvalue weighted by Crippen LogP contribution is -2.28. The highest BCUT2D eigenvalue weighted by molar-refractivity contribution is 5.66. The second-order valence-corrected chi connectivity index (χ2v) is 3.05. The molecule has 0 atom stereocenters. The minimum atomic E-state index is 0.619. The van der Waals surface area contributed by atoms with Gasteiger partial charge >= 0.3 is 0 Å². The smallest absolute Gasteiger partial charge is 0.207 e. The van der Waals surface area contributed by atoms with Crippen LogP contribution in [0, 0.1) is 0 Å². The topological polar surface area (TPSA) is 58.4 Å². The molecule has 1 rings (SSSR count). The van der Waals surface area contributed by atoms with Crippen LogP contribution < -0.4 is 16.0 Å². The Hall–Kier alpha value is -1.71. The molecule has 14 heavy (non-hydrogen) atoms. The Kier molecular flexibility index (Phi) is 3.79. The summed E-state index contributed by atoms with van der Waals surface area (Å²) in [5.41, 5.74) is 7.53. The lowest BCUT2D eigenvalue weighted by atomic mass is 10.2. The zero-order valence-corrected chi connectivity index (χ0v) is 8.23. The van der Waals surface area contributed by atoms with Gasteiger partial charge in [-0.2, -0.15) is 0 Å². The summed E-state index contributed by atoms with van der Waals surface area (Å²) >= 11 is 0. The van der Waals surface area contributed by atoms with Crippen LogP contribution in [-0.2, 0) is 4.79 Å². The first-order chi connectivity index (χ1) is 6.75. The number of amides is 1. The van der Waals surface area contributed by atoms with E-state index in [0.717, 1.165) is 17.9 Å². The van der Waals surface area contributed by atoms with Crippen molar-refractivity contribution < 1.29 is 4.79 Å². The van der Waals surface area contributed by atoms with Crippen LogP contribution in [0.15, 0.2) is 24.3 Å². The van der Waals surface area contributed by atoms with Gasteiger partial charge in [0.05, 0.1) is 11.4 Å².